The van der Waals surface area contributed by atoms with Crippen LogP contribution in [0.4, 0.5) is 5.69 Å². The fourth-order valence-corrected chi connectivity index (χ4v) is 4.57. The molecule has 3 N–H and O–H groups in total. The highest BCUT2D eigenvalue weighted by atomic mass is 16.2. The Bertz CT molecular complexity index is 1600. The average Bonchev–Trinajstić information content (AvgIpc) is 3.56. The molecule has 0 bridgehead atoms. The van der Waals surface area contributed by atoms with Crippen molar-refractivity contribution in [2.45, 2.75) is 6.54 Å². The number of nitrogens with one attached hydrogen (secondary N) is 3. The van der Waals surface area contributed by atoms with Gasteiger partial charge in [0.25, 0.3) is 5.91 Å². The summed E-state index contributed by atoms with van der Waals surface area (Å²) < 4.78 is 0. The molecule has 10 heteroatoms. The summed E-state index contributed by atoms with van der Waals surface area (Å²) in [6.07, 6.45) is 5.31. The molecule has 0 spiro atoms. The van der Waals surface area contributed by atoms with Crippen LogP contribution in [0.1, 0.15) is 16.2 Å². The number of pyridine rings is 2. The Labute approximate surface area is 206 Å². The number of nitrogens with zero attached hydrogens (tertiary/aromatic N) is 5. The Morgan fingerprint density at radius 3 is 2.94 bits per heavy atom. The maximum Gasteiger partial charge on any atom is 0.274 e. The van der Waals surface area contributed by atoms with Crippen LogP contribution in [0.2, 0.25) is 0 Å². The van der Waals surface area contributed by atoms with E-state index in [1.54, 1.807) is 23.4 Å². The molecule has 5 aromatic rings. The highest BCUT2D eigenvalue weighted by Crippen LogP contribution is 2.33. The van der Waals surface area contributed by atoms with Crippen LogP contribution in [0.5, 0.6) is 0 Å². The Morgan fingerprint density at radius 1 is 1.14 bits per heavy atom. The molecule has 5 heterocycles. The second kappa shape index (κ2) is 8.90. The Morgan fingerprint density at radius 2 is 2.06 bits per heavy atom. The Balaban J connectivity index is 1.28. The van der Waals surface area contributed by atoms with Crippen molar-refractivity contribution in [1.29, 1.82) is 0 Å². The number of aromatic amines is 2. The van der Waals surface area contributed by atoms with E-state index in [-0.39, 0.29) is 11.8 Å². The van der Waals surface area contributed by atoms with Gasteiger partial charge < -0.3 is 15.2 Å². The molecule has 2 amide bonds. The summed E-state index contributed by atoms with van der Waals surface area (Å²) in [6, 6.07) is 13.3. The second-order valence-electron chi connectivity index (χ2n) is 8.95. The van der Waals surface area contributed by atoms with Gasteiger partial charge in [0.05, 0.1) is 29.6 Å². The van der Waals surface area contributed by atoms with Crippen LogP contribution in [-0.2, 0) is 11.3 Å². The molecule has 0 atom stereocenters. The third-order valence-electron chi connectivity index (χ3n) is 6.54. The minimum atomic E-state index is -0.313. The molecule has 1 aliphatic heterocycles. The van der Waals surface area contributed by atoms with Crippen molar-refractivity contribution in [3.8, 4) is 11.1 Å². The van der Waals surface area contributed by atoms with E-state index in [0.717, 1.165) is 45.3 Å². The van der Waals surface area contributed by atoms with E-state index in [9.17, 15) is 9.59 Å². The molecular weight excluding hydrogens is 456 g/mol. The quantitative estimate of drug-likeness (QED) is 0.355. The number of carbonyl (C=O) groups is 2. The molecule has 1 aliphatic rings. The number of fused-ring (bicyclic) bond motifs is 2. The summed E-state index contributed by atoms with van der Waals surface area (Å²) in [6.45, 7) is 2.32. The van der Waals surface area contributed by atoms with Crippen molar-refractivity contribution in [1.82, 2.24) is 34.9 Å². The van der Waals surface area contributed by atoms with Crippen molar-refractivity contribution in [3.63, 3.8) is 0 Å². The van der Waals surface area contributed by atoms with E-state index < -0.39 is 0 Å². The first-order valence-electron chi connectivity index (χ1n) is 11.7. The first-order chi connectivity index (χ1) is 17.5. The van der Waals surface area contributed by atoms with Crippen LogP contribution >= 0.6 is 0 Å². The van der Waals surface area contributed by atoms with Gasteiger partial charge in [0.2, 0.25) is 5.91 Å². The first kappa shape index (κ1) is 21.9. The van der Waals surface area contributed by atoms with E-state index in [1.165, 1.54) is 0 Å². The molecule has 36 heavy (non-hydrogen) atoms. The molecule has 0 saturated carbocycles. The fraction of sp³-hybridized carbons (Fsp3) is 0.192. The summed E-state index contributed by atoms with van der Waals surface area (Å²) >= 11 is 0. The summed E-state index contributed by atoms with van der Waals surface area (Å²) in [5.74, 6) is -0.224. The van der Waals surface area contributed by atoms with E-state index in [2.05, 4.69) is 30.5 Å². The summed E-state index contributed by atoms with van der Waals surface area (Å²) in [4.78, 5) is 41.1. The zero-order chi connectivity index (χ0) is 24.6. The van der Waals surface area contributed by atoms with Crippen molar-refractivity contribution in [2.75, 3.05) is 32.0 Å². The number of H-pyrrole nitrogens is 2. The number of carbonyl (C=O) groups excluding carboxylic acids is 2. The Kier molecular flexibility index (Phi) is 5.42. The minimum Gasteiger partial charge on any atom is -0.346 e. The zero-order valence-corrected chi connectivity index (χ0v) is 19.7. The van der Waals surface area contributed by atoms with Crippen LogP contribution in [0.15, 0.2) is 61.1 Å². The predicted octanol–water partition coefficient (Wildman–Crippen LogP) is 3.03. The molecule has 0 radical (unpaired) electrons. The highest BCUT2D eigenvalue weighted by molar-refractivity contribution is 6.09. The van der Waals surface area contributed by atoms with Gasteiger partial charge in [-0.3, -0.25) is 19.6 Å². The minimum absolute atomic E-state index is 0.0882. The van der Waals surface area contributed by atoms with Gasteiger partial charge in [-0.05, 0) is 47.5 Å². The van der Waals surface area contributed by atoms with Crippen molar-refractivity contribution in [3.05, 3.63) is 72.4 Å². The van der Waals surface area contributed by atoms with Crippen LogP contribution in [-0.4, -0.2) is 73.4 Å². The number of aromatic nitrogens is 5. The van der Waals surface area contributed by atoms with Gasteiger partial charge in [-0.25, -0.2) is 9.97 Å². The maximum atomic E-state index is 13.2. The number of hydrogen-bond acceptors (Lipinski definition) is 6. The standard InChI is InChI=1S/C26H24N8O2/c1-33-9-10-34(15-24(33)35)14-17-3-2-4-21(30-17)26(36)31-22-11-16(12-23-20(22)13-29-32-23)18-5-7-27-25-19(18)6-8-28-25/h2-8,11-13H,9-10,14-15H2,1H3,(H,27,28)(H,29,32)(H,31,36). The predicted molar refractivity (Wildman–Crippen MR) is 136 cm³/mol. The molecule has 10 nitrogen and oxygen atoms in total. The van der Waals surface area contributed by atoms with Crippen LogP contribution in [0.25, 0.3) is 33.1 Å². The average molecular weight is 481 g/mol. The number of piperazine rings is 1. The van der Waals surface area contributed by atoms with Crippen LogP contribution in [0, 0.1) is 0 Å². The van der Waals surface area contributed by atoms with E-state index in [4.69, 9.17) is 0 Å². The van der Waals surface area contributed by atoms with Crippen LogP contribution in [0.3, 0.4) is 0 Å². The smallest absolute Gasteiger partial charge is 0.274 e. The molecular formula is C26H24N8O2. The fourth-order valence-electron chi connectivity index (χ4n) is 4.57. The lowest BCUT2D eigenvalue weighted by atomic mass is 10.0. The van der Waals surface area contributed by atoms with E-state index >= 15 is 0 Å². The molecule has 0 unspecified atom stereocenters. The third-order valence-corrected chi connectivity index (χ3v) is 6.54. The summed E-state index contributed by atoms with van der Waals surface area (Å²) in [5.41, 5.74) is 5.22. The number of anilines is 1. The summed E-state index contributed by atoms with van der Waals surface area (Å²) in [5, 5.41) is 12.0. The van der Waals surface area contributed by atoms with Gasteiger partial charge in [-0.15, -0.1) is 0 Å². The van der Waals surface area contributed by atoms with Gasteiger partial charge in [0.1, 0.15) is 11.3 Å². The van der Waals surface area contributed by atoms with Gasteiger partial charge in [0.15, 0.2) is 0 Å². The molecule has 1 fully saturated rings. The number of rotatable bonds is 5. The normalized spacial score (nSPS) is 14.6. The van der Waals surface area contributed by atoms with Crippen LogP contribution < -0.4 is 5.32 Å². The van der Waals surface area contributed by atoms with E-state index in [1.807, 2.05) is 54.5 Å². The number of hydrogen-bond donors (Lipinski definition) is 3. The van der Waals surface area contributed by atoms with Gasteiger partial charge >= 0.3 is 0 Å². The molecule has 6 rings (SSSR count). The lowest BCUT2D eigenvalue weighted by molar-refractivity contribution is -0.134. The lowest BCUT2D eigenvalue weighted by Gasteiger charge is -2.31. The number of amides is 2. The zero-order valence-electron chi connectivity index (χ0n) is 19.7. The maximum absolute atomic E-state index is 13.2. The monoisotopic (exact) mass is 480 g/mol. The lowest BCUT2D eigenvalue weighted by Crippen LogP contribution is -2.48. The number of benzene rings is 1. The second-order valence-corrected chi connectivity index (χ2v) is 8.95. The number of likely N-dealkylation sites (N-methyl/N-ethyl adjacent to an activating group) is 1. The molecule has 1 saturated heterocycles. The SMILES string of the molecule is CN1CCN(Cc2cccc(C(=O)Nc3cc(-c4ccnc5[nH]ccc45)cc4[nH]ncc34)n2)CC1=O. The topological polar surface area (TPSA) is 123 Å². The largest absolute Gasteiger partial charge is 0.346 e. The molecule has 4 aromatic heterocycles. The van der Waals surface area contributed by atoms with Crippen molar-refractivity contribution in [2.24, 2.45) is 0 Å². The molecule has 180 valence electrons. The van der Waals surface area contributed by atoms with Gasteiger partial charge in [-0.2, -0.15) is 5.10 Å². The van der Waals surface area contributed by atoms with Gasteiger partial charge in [0, 0.05) is 49.8 Å². The summed E-state index contributed by atoms with van der Waals surface area (Å²) in [7, 11) is 1.81. The highest BCUT2D eigenvalue weighted by Gasteiger charge is 2.22. The van der Waals surface area contributed by atoms with E-state index in [0.29, 0.717) is 31.0 Å². The van der Waals surface area contributed by atoms with Crippen molar-refractivity contribution < 1.29 is 9.59 Å². The molecule has 0 aliphatic carbocycles. The van der Waals surface area contributed by atoms with Gasteiger partial charge in [-0.1, -0.05) is 6.07 Å². The first-order valence-corrected chi connectivity index (χ1v) is 11.7. The van der Waals surface area contributed by atoms with Crippen molar-refractivity contribution >= 4 is 39.4 Å². The molecule has 1 aromatic carbocycles. The third kappa shape index (κ3) is 4.07. The Hall–Kier alpha value is -4.57.